The largest absolute Gasteiger partial charge is 0.369 e. The van der Waals surface area contributed by atoms with Crippen LogP contribution in [-0.4, -0.2) is 21.5 Å². The fourth-order valence-corrected chi connectivity index (χ4v) is 2.13. The Hall–Kier alpha value is -1.69. The number of nitrogens with zero attached hydrogens (tertiary/aromatic N) is 3. The number of hydrogen-bond donors (Lipinski definition) is 2. The normalized spacial score (nSPS) is 10.3. The lowest BCUT2D eigenvalue weighted by molar-refractivity contribution is 1.03. The molecule has 2 aromatic heterocycles. The van der Waals surface area contributed by atoms with Gasteiger partial charge >= 0.3 is 0 Å². The molecule has 5 nitrogen and oxygen atoms in total. The van der Waals surface area contributed by atoms with Gasteiger partial charge in [-0.2, -0.15) is 0 Å². The van der Waals surface area contributed by atoms with Crippen LogP contribution in [0.2, 0.25) is 0 Å². The fourth-order valence-electron chi connectivity index (χ4n) is 1.64. The number of pyridine rings is 1. The van der Waals surface area contributed by atoms with Gasteiger partial charge in [0.2, 0.25) is 0 Å². The molecule has 0 saturated heterocycles. The van der Waals surface area contributed by atoms with Crippen molar-refractivity contribution in [1.29, 1.82) is 0 Å². The van der Waals surface area contributed by atoms with Gasteiger partial charge in [0.05, 0.1) is 0 Å². The van der Waals surface area contributed by atoms with E-state index < -0.39 is 0 Å². The van der Waals surface area contributed by atoms with Crippen molar-refractivity contribution in [2.45, 2.75) is 20.4 Å². The second-order valence-electron chi connectivity index (χ2n) is 4.07. The van der Waals surface area contributed by atoms with E-state index in [4.69, 9.17) is 0 Å². The van der Waals surface area contributed by atoms with E-state index in [-0.39, 0.29) is 0 Å². The van der Waals surface area contributed by atoms with Gasteiger partial charge in [0.15, 0.2) is 0 Å². The van der Waals surface area contributed by atoms with E-state index in [1.54, 1.807) is 12.5 Å². The quantitative estimate of drug-likeness (QED) is 0.886. The van der Waals surface area contributed by atoms with Crippen molar-refractivity contribution in [1.82, 2.24) is 15.0 Å². The summed E-state index contributed by atoms with van der Waals surface area (Å²) in [5.74, 6) is 1.57. The van der Waals surface area contributed by atoms with E-state index in [1.807, 2.05) is 19.2 Å². The first-order valence-corrected chi connectivity index (χ1v) is 6.89. The van der Waals surface area contributed by atoms with E-state index in [0.29, 0.717) is 6.54 Å². The number of nitrogens with one attached hydrogen (secondary N) is 2. The Morgan fingerprint density at radius 3 is 2.63 bits per heavy atom. The Balaban J connectivity index is 2.12. The van der Waals surface area contributed by atoms with Gasteiger partial charge in [0.1, 0.15) is 22.4 Å². The standard InChI is InChI=1S/C13H16BrN5/c1-3-16-12-11(14)13(19-8-18-12)17-7-10-6-15-5-4-9(10)2/h4-6,8H,3,7H2,1-2H3,(H2,16,17,18,19). The second kappa shape index (κ2) is 6.47. The Bertz CT molecular complexity index is 558. The van der Waals surface area contributed by atoms with Crippen LogP contribution in [0.15, 0.2) is 29.3 Å². The van der Waals surface area contributed by atoms with Gasteiger partial charge in [-0.05, 0) is 47.0 Å². The van der Waals surface area contributed by atoms with E-state index in [1.165, 1.54) is 5.56 Å². The van der Waals surface area contributed by atoms with Crippen molar-refractivity contribution in [3.8, 4) is 0 Å². The summed E-state index contributed by atoms with van der Waals surface area (Å²) in [7, 11) is 0. The number of anilines is 2. The summed E-state index contributed by atoms with van der Waals surface area (Å²) in [4.78, 5) is 12.5. The first kappa shape index (κ1) is 13.7. The van der Waals surface area contributed by atoms with Crippen molar-refractivity contribution in [2.75, 3.05) is 17.2 Å². The molecule has 0 bridgehead atoms. The minimum absolute atomic E-state index is 0.681. The Labute approximate surface area is 121 Å². The van der Waals surface area contributed by atoms with Crippen LogP contribution in [0.4, 0.5) is 11.6 Å². The molecule has 2 rings (SSSR count). The van der Waals surface area contributed by atoms with Crippen molar-refractivity contribution >= 4 is 27.6 Å². The lowest BCUT2D eigenvalue weighted by Crippen LogP contribution is -2.07. The minimum Gasteiger partial charge on any atom is -0.369 e. The summed E-state index contributed by atoms with van der Waals surface area (Å²) < 4.78 is 0.846. The fraction of sp³-hybridized carbons (Fsp3) is 0.308. The van der Waals surface area contributed by atoms with Gasteiger partial charge in [-0.1, -0.05) is 0 Å². The lowest BCUT2D eigenvalue weighted by atomic mass is 10.1. The molecule has 0 aliphatic heterocycles. The summed E-state index contributed by atoms with van der Waals surface area (Å²) in [6.07, 6.45) is 5.20. The molecule has 0 aromatic carbocycles. The number of rotatable bonds is 5. The molecule has 19 heavy (non-hydrogen) atoms. The average Bonchev–Trinajstić information content (AvgIpc) is 2.42. The molecule has 0 atom stereocenters. The third-order valence-electron chi connectivity index (χ3n) is 2.73. The Morgan fingerprint density at radius 2 is 1.95 bits per heavy atom. The molecule has 0 fully saturated rings. The van der Waals surface area contributed by atoms with Crippen molar-refractivity contribution in [2.24, 2.45) is 0 Å². The maximum absolute atomic E-state index is 4.24. The first-order valence-electron chi connectivity index (χ1n) is 6.10. The molecule has 0 spiro atoms. The minimum atomic E-state index is 0.681. The predicted octanol–water partition coefficient (Wildman–Crippen LogP) is 2.99. The van der Waals surface area contributed by atoms with Gasteiger partial charge in [-0.15, -0.1) is 0 Å². The van der Waals surface area contributed by atoms with Gasteiger partial charge in [-0.25, -0.2) is 9.97 Å². The molecule has 100 valence electrons. The highest BCUT2D eigenvalue weighted by Gasteiger charge is 2.08. The van der Waals surface area contributed by atoms with E-state index >= 15 is 0 Å². The molecule has 6 heteroatoms. The predicted molar refractivity (Wildman–Crippen MR) is 80.2 cm³/mol. The van der Waals surface area contributed by atoms with Gasteiger partial charge < -0.3 is 10.6 Å². The smallest absolute Gasteiger partial charge is 0.146 e. The van der Waals surface area contributed by atoms with E-state index in [9.17, 15) is 0 Å². The highest BCUT2D eigenvalue weighted by Crippen LogP contribution is 2.26. The average molecular weight is 322 g/mol. The van der Waals surface area contributed by atoms with E-state index in [0.717, 1.165) is 28.2 Å². The van der Waals surface area contributed by atoms with Crippen molar-refractivity contribution in [3.63, 3.8) is 0 Å². The SMILES string of the molecule is CCNc1ncnc(NCc2cnccc2C)c1Br. The molecule has 0 aliphatic rings. The van der Waals surface area contributed by atoms with Crippen LogP contribution in [0.25, 0.3) is 0 Å². The number of hydrogen-bond acceptors (Lipinski definition) is 5. The maximum Gasteiger partial charge on any atom is 0.146 e. The molecule has 0 saturated carbocycles. The van der Waals surface area contributed by atoms with Crippen molar-refractivity contribution < 1.29 is 0 Å². The third kappa shape index (κ3) is 3.41. The van der Waals surface area contributed by atoms with Crippen LogP contribution in [0.1, 0.15) is 18.1 Å². The monoisotopic (exact) mass is 321 g/mol. The number of aromatic nitrogens is 3. The summed E-state index contributed by atoms with van der Waals surface area (Å²) in [5, 5.41) is 6.47. The lowest BCUT2D eigenvalue weighted by Gasteiger charge is -2.11. The molecule has 2 N–H and O–H groups in total. The highest BCUT2D eigenvalue weighted by molar-refractivity contribution is 9.10. The van der Waals surface area contributed by atoms with Crippen LogP contribution in [0, 0.1) is 6.92 Å². The maximum atomic E-state index is 4.24. The molecule has 0 aliphatic carbocycles. The Kier molecular flexibility index (Phi) is 4.68. The van der Waals surface area contributed by atoms with Crippen molar-refractivity contribution in [3.05, 3.63) is 40.4 Å². The zero-order valence-corrected chi connectivity index (χ0v) is 12.5. The molecule has 0 amide bonds. The zero-order chi connectivity index (χ0) is 13.7. The van der Waals surface area contributed by atoms with Gasteiger partial charge in [0.25, 0.3) is 0 Å². The second-order valence-corrected chi connectivity index (χ2v) is 4.86. The third-order valence-corrected chi connectivity index (χ3v) is 3.48. The summed E-state index contributed by atoms with van der Waals surface area (Å²) in [6, 6.07) is 2.00. The Morgan fingerprint density at radius 1 is 1.21 bits per heavy atom. The highest BCUT2D eigenvalue weighted by atomic mass is 79.9. The van der Waals surface area contributed by atoms with E-state index in [2.05, 4.69) is 48.4 Å². The van der Waals surface area contributed by atoms with Gasteiger partial charge in [-0.3, -0.25) is 4.98 Å². The molecule has 2 heterocycles. The number of halogens is 1. The molecule has 2 aromatic rings. The van der Waals surface area contributed by atoms with Gasteiger partial charge in [0, 0.05) is 25.5 Å². The first-order chi connectivity index (χ1) is 9.22. The zero-order valence-electron chi connectivity index (χ0n) is 10.9. The molecule has 0 radical (unpaired) electrons. The molecular weight excluding hydrogens is 306 g/mol. The topological polar surface area (TPSA) is 62.7 Å². The van der Waals surface area contributed by atoms with Crippen LogP contribution < -0.4 is 10.6 Å². The van der Waals surface area contributed by atoms with Crippen LogP contribution in [0.5, 0.6) is 0 Å². The summed E-state index contributed by atoms with van der Waals surface area (Å²) >= 11 is 3.51. The van der Waals surface area contributed by atoms with Crippen LogP contribution in [0.3, 0.4) is 0 Å². The summed E-state index contributed by atoms with van der Waals surface area (Å²) in [5.41, 5.74) is 2.36. The number of aryl methyl sites for hydroxylation is 1. The van der Waals surface area contributed by atoms with Crippen LogP contribution in [-0.2, 0) is 6.54 Å². The molecular formula is C13H16BrN5. The van der Waals surface area contributed by atoms with Crippen LogP contribution >= 0.6 is 15.9 Å². The summed E-state index contributed by atoms with van der Waals surface area (Å²) in [6.45, 7) is 5.59. The molecule has 0 unspecified atom stereocenters.